The minimum absolute atomic E-state index is 0.0148. The molecule has 3 aromatic rings. The number of benzene rings is 2. The highest BCUT2D eigenvalue weighted by atomic mass is 79.9. The van der Waals surface area contributed by atoms with E-state index in [9.17, 15) is 19.6 Å². The van der Waals surface area contributed by atoms with Crippen LogP contribution in [0.4, 0.5) is 4.39 Å². The third-order valence-corrected chi connectivity index (χ3v) is 4.03. The third-order valence-electron chi connectivity index (χ3n) is 3.50. The van der Waals surface area contributed by atoms with Gasteiger partial charge in [0.15, 0.2) is 0 Å². The van der Waals surface area contributed by atoms with Gasteiger partial charge in [-0.1, -0.05) is 40.2 Å². The van der Waals surface area contributed by atoms with Crippen molar-refractivity contribution in [2.24, 2.45) is 0 Å². The Labute approximate surface area is 138 Å². The average Bonchev–Trinajstić information content (AvgIpc) is 2.57. The molecule has 0 N–H and O–H groups in total. The lowest BCUT2D eigenvalue weighted by molar-refractivity contribution is -0.635. The number of fused-ring (bicyclic) bond motifs is 1. The zero-order valence-electron chi connectivity index (χ0n) is 11.7. The predicted octanol–water partition coefficient (Wildman–Crippen LogP) is 2.37. The van der Waals surface area contributed by atoms with E-state index >= 15 is 0 Å². The first-order valence-corrected chi connectivity index (χ1v) is 7.80. The Balaban J connectivity index is 2.35. The summed E-state index contributed by atoms with van der Waals surface area (Å²) in [5, 5.41) is 25.0. The summed E-state index contributed by atoms with van der Waals surface area (Å²) in [6.45, 7) is 0. The maximum Gasteiger partial charge on any atom is 0.335 e. The van der Waals surface area contributed by atoms with Gasteiger partial charge in [0.25, 0.3) is 22.5 Å². The highest BCUT2D eigenvalue weighted by molar-refractivity contribution is 9.08. The summed E-state index contributed by atoms with van der Waals surface area (Å²) in [6, 6.07) is 11.5. The molecule has 0 saturated heterocycles. The van der Waals surface area contributed by atoms with E-state index in [1.807, 2.05) is 0 Å². The molecule has 0 spiro atoms. The van der Waals surface area contributed by atoms with Crippen LogP contribution in [-0.4, -0.2) is 5.78 Å². The number of aromatic nitrogens is 2. The van der Waals surface area contributed by atoms with E-state index in [0.29, 0.717) is 9.46 Å². The van der Waals surface area contributed by atoms with Crippen molar-refractivity contribution in [2.45, 2.75) is 5.33 Å². The van der Waals surface area contributed by atoms with Crippen molar-refractivity contribution in [3.8, 4) is 0 Å². The first kappa shape index (κ1) is 15.4. The van der Waals surface area contributed by atoms with Gasteiger partial charge in [0.2, 0.25) is 0 Å². The largest absolute Gasteiger partial charge is 0.618 e. The fraction of sp³-hybridized carbons (Fsp3) is 0.0625. The molecule has 0 bridgehead atoms. The molecule has 0 fully saturated rings. The quantitative estimate of drug-likeness (QED) is 0.305. The number of carbonyl (C=O) groups excluding carboxylic acids is 1. The van der Waals surface area contributed by atoms with E-state index in [1.165, 1.54) is 30.3 Å². The molecule has 0 unspecified atom stereocenters. The lowest BCUT2D eigenvalue weighted by Crippen LogP contribution is -2.47. The van der Waals surface area contributed by atoms with Gasteiger partial charge < -0.3 is 10.4 Å². The van der Waals surface area contributed by atoms with E-state index in [0.717, 1.165) is 6.07 Å². The number of halogens is 2. The summed E-state index contributed by atoms with van der Waals surface area (Å²) in [5.74, 6) is -1.58. The first-order chi connectivity index (χ1) is 11.1. The van der Waals surface area contributed by atoms with Crippen molar-refractivity contribution in [3.05, 3.63) is 81.7 Å². The molecule has 0 radical (unpaired) electrons. The van der Waals surface area contributed by atoms with E-state index in [-0.39, 0.29) is 33.3 Å². The van der Waals surface area contributed by atoms with Gasteiger partial charge in [-0.15, -0.1) is 0 Å². The van der Waals surface area contributed by atoms with Crippen LogP contribution in [0.2, 0.25) is 0 Å². The SMILES string of the molecule is O=C(c1ccccc1F)c1c(CBr)[n+]([O-])c2ccccc2[n+]1[O-]. The van der Waals surface area contributed by atoms with Gasteiger partial charge in [0.1, 0.15) is 5.82 Å². The zero-order valence-corrected chi connectivity index (χ0v) is 13.3. The Morgan fingerprint density at radius 1 is 1.00 bits per heavy atom. The van der Waals surface area contributed by atoms with Crippen LogP contribution >= 0.6 is 15.9 Å². The number of rotatable bonds is 3. The maximum absolute atomic E-state index is 13.9. The minimum atomic E-state index is -0.831. The summed E-state index contributed by atoms with van der Waals surface area (Å²) >= 11 is 3.12. The number of hydrogen-bond donors (Lipinski definition) is 0. The lowest BCUT2D eigenvalue weighted by atomic mass is 10.1. The molecule has 0 atom stereocenters. The van der Waals surface area contributed by atoms with Gasteiger partial charge in [-0.05, 0) is 12.1 Å². The highest BCUT2D eigenvalue weighted by Crippen LogP contribution is 2.17. The topological polar surface area (TPSA) is 71.0 Å². The molecule has 0 saturated carbocycles. The molecule has 0 aliphatic heterocycles. The van der Waals surface area contributed by atoms with E-state index < -0.39 is 11.6 Å². The van der Waals surface area contributed by atoms with Gasteiger partial charge in [0.05, 0.1) is 10.9 Å². The van der Waals surface area contributed by atoms with Crippen molar-refractivity contribution in [1.82, 2.24) is 0 Å². The van der Waals surface area contributed by atoms with Crippen LogP contribution in [-0.2, 0) is 5.33 Å². The molecular formula is C16H10BrFN2O3. The minimum Gasteiger partial charge on any atom is -0.618 e. The molecule has 7 heteroatoms. The summed E-state index contributed by atoms with van der Waals surface area (Å²) in [4.78, 5) is 12.6. The van der Waals surface area contributed by atoms with Crippen LogP contribution in [0.3, 0.4) is 0 Å². The molecule has 0 amide bonds. The molecule has 116 valence electrons. The highest BCUT2D eigenvalue weighted by Gasteiger charge is 2.34. The molecule has 0 aliphatic rings. The Kier molecular flexibility index (Phi) is 3.96. The first-order valence-electron chi connectivity index (χ1n) is 6.68. The van der Waals surface area contributed by atoms with Crippen LogP contribution in [0, 0.1) is 16.2 Å². The molecule has 1 heterocycles. The van der Waals surface area contributed by atoms with E-state index in [4.69, 9.17) is 0 Å². The van der Waals surface area contributed by atoms with Gasteiger partial charge >= 0.3 is 5.69 Å². The fourth-order valence-corrected chi connectivity index (χ4v) is 2.89. The molecule has 2 aromatic carbocycles. The standard InChI is InChI=1S/C16H10BrFN2O3/c17-9-14-15(16(21)10-5-1-2-6-11(10)18)20(23)13-8-4-3-7-12(13)19(14)22/h1-8H,9H2. The number of carbonyl (C=O) groups is 1. The molecule has 23 heavy (non-hydrogen) atoms. The second kappa shape index (κ2) is 5.92. The summed E-state index contributed by atoms with van der Waals surface area (Å²) in [7, 11) is 0. The molecule has 1 aromatic heterocycles. The Morgan fingerprint density at radius 2 is 1.57 bits per heavy atom. The third kappa shape index (κ3) is 2.43. The van der Waals surface area contributed by atoms with Gasteiger partial charge in [-0.2, -0.15) is 9.46 Å². The molecule has 3 rings (SSSR count). The normalized spacial score (nSPS) is 10.9. The second-order valence-electron chi connectivity index (χ2n) is 4.82. The smallest absolute Gasteiger partial charge is 0.335 e. The number of hydrogen-bond acceptors (Lipinski definition) is 3. The Morgan fingerprint density at radius 3 is 2.17 bits per heavy atom. The number of alkyl halides is 1. The predicted molar refractivity (Wildman–Crippen MR) is 84.3 cm³/mol. The van der Waals surface area contributed by atoms with Crippen LogP contribution in [0.1, 0.15) is 21.7 Å². The van der Waals surface area contributed by atoms with Crippen LogP contribution < -0.4 is 9.46 Å². The Hall–Kier alpha value is -2.54. The van der Waals surface area contributed by atoms with E-state index in [2.05, 4.69) is 15.9 Å². The zero-order chi connectivity index (χ0) is 16.6. The average molecular weight is 377 g/mol. The Bertz CT molecular complexity index is 931. The van der Waals surface area contributed by atoms with Gasteiger partial charge in [-0.3, -0.25) is 4.79 Å². The van der Waals surface area contributed by atoms with Crippen LogP contribution in [0.5, 0.6) is 0 Å². The lowest BCUT2D eigenvalue weighted by Gasteiger charge is -2.11. The van der Waals surface area contributed by atoms with Gasteiger partial charge in [-0.25, -0.2) is 4.39 Å². The van der Waals surface area contributed by atoms with Crippen LogP contribution in [0.25, 0.3) is 11.0 Å². The van der Waals surface area contributed by atoms with Crippen molar-refractivity contribution in [3.63, 3.8) is 0 Å². The summed E-state index contributed by atoms with van der Waals surface area (Å²) in [6.07, 6.45) is 0. The fourth-order valence-electron chi connectivity index (χ4n) is 2.40. The number of nitrogens with zero attached hydrogens (tertiary/aromatic N) is 2. The van der Waals surface area contributed by atoms with E-state index in [1.54, 1.807) is 12.1 Å². The van der Waals surface area contributed by atoms with Crippen molar-refractivity contribution in [1.29, 1.82) is 0 Å². The van der Waals surface area contributed by atoms with Crippen molar-refractivity contribution < 1.29 is 18.6 Å². The number of ketones is 1. The monoisotopic (exact) mass is 376 g/mol. The summed E-state index contributed by atoms with van der Waals surface area (Å²) < 4.78 is 14.8. The van der Waals surface area contributed by atoms with Crippen molar-refractivity contribution >= 4 is 32.7 Å². The van der Waals surface area contributed by atoms with Gasteiger partial charge in [0, 0.05) is 12.1 Å². The molecular weight excluding hydrogens is 367 g/mol. The maximum atomic E-state index is 13.9. The molecule has 0 aliphatic carbocycles. The van der Waals surface area contributed by atoms with Crippen LogP contribution in [0.15, 0.2) is 48.5 Å². The second-order valence-corrected chi connectivity index (χ2v) is 5.38. The summed E-state index contributed by atoms with van der Waals surface area (Å²) in [5.41, 5.74) is -0.517. The van der Waals surface area contributed by atoms with Crippen molar-refractivity contribution in [2.75, 3.05) is 0 Å². The number of para-hydroxylation sites is 2. The molecule has 5 nitrogen and oxygen atoms in total.